The molecule has 0 radical (unpaired) electrons. The Morgan fingerprint density at radius 1 is 1.08 bits per heavy atom. The van der Waals surface area contributed by atoms with Crippen LogP contribution in [0.5, 0.6) is 0 Å². The number of hydrogen-bond acceptors (Lipinski definition) is 3. The first-order valence-corrected chi connectivity index (χ1v) is 10.0. The molecule has 2 amide bonds. The molecular weight excluding hydrogens is 326 g/mol. The lowest BCUT2D eigenvalue weighted by atomic mass is 9.97. The predicted molar refractivity (Wildman–Crippen MR) is 104 cm³/mol. The summed E-state index contributed by atoms with van der Waals surface area (Å²) in [6.07, 6.45) is 8.80. The predicted octanol–water partition coefficient (Wildman–Crippen LogP) is 2.97. The minimum absolute atomic E-state index is 0.0532. The molecule has 0 aromatic heterocycles. The lowest BCUT2D eigenvalue weighted by molar-refractivity contribution is -0.122. The lowest BCUT2D eigenvalue weighted by Crippen LogP contribution is -2.41. The number of nitrogens with two attached hydrogens (primary N) is 1. The highest BCUT2D eigenvalue weighted by Crippen LogP contribution is 2.28. The quantitative estimate of drug-likeness (QED) is 0.788. The summed E-state index contributed by atoms with van der Waals surface area (Å²) in [5.41, 5.74) is 7.68. The van der Waals surface area contributed by atoms with Crippen LogP contribution in [0.15, 0.2) is 24.3 Å². The van der Waals surface area contributed by atoms with Crippen LogP contribution in [0.1, 0.15) is 56.9 Å². The van der Waals surface area contributed by atoms with Crippen LogP contribution in [-0.4, -0.2) is 24.9 Å². The van der Waals surface area contributed by atoms with Gasteiger partial charge in [0.1, 0.15) is 0 Å². The van der Waals surface area contributed by atoms with Gasteiger partial charge in [-0.2, -0.15) is 0 Å². The third kappa shape index (κ3) is 5.23. The van der Waals surface area contributed by atoms with Gasteiger partial charge in [0.15, 0.2) is 0 Å². The van der Waals surface area contributed by atoms with Crippen molar-refractivity contribution >= 4 is 17.5 Å². The lowest BCUT2D eigenvalue weighted by Gasteiger charge is -2.33. The van der Waals surface area contributed by atoms with E-state index in [2.05, 4.69) is 34.5 Å². The number of piperidine rings is 1. The van der Waals surface area contributed by atoms with Crippen molar-refractivity contribution in [1.82, 2.24) is 5.32 Å². The van der Waals surface area contributed by atoms with Crippen molar-refractivity contribution in [3.05, 3.63) is 29.8 Å². The molecule has 1 aliphatic carbocycles. The molecule has 3 N–H and O–H groups in total. The SMILES string of the molecule is NC(=O)[C@@H]1CCCN(c2ccc(CNC(=O)CCC3CCCC3)cc2)C1. The number of amides is 2. The summed E-state index contributed by atoms with van der Waals surface area (Å²) in [7, 11) is 0. The summed E-state index contributed by atoms with van der Waals surface area (Å²) < 4.78 is 0. The number of nitrogens with zero attached hydrogens (tertiary/aromatic N) is 1. The van der Waals surface area contributed by atoms with Gasteiger partial charge in [0.05, 0.1) is 5.92 Å². The Morgan fingerprint density at radius 3 is 2.50 bits per heavy atom. The summed E-state index contributed by atoms with van der Waals surface area (Å²) in [5, 5.41) is 3.03. The largest absolute Gasteiger partial charge is 0.371 e. The van der Waals surface area contributed by atoms with Crippen molar-refractivity contribution in [2.75, 3.05) is 18.0 Å². The molecule has 0 spiro atoms. The van der Waals surface area contributed by atoms with Crippen LogP contribution in [-0.2, 0) is 16.1 Å². The van der Waals surface area contributed by atoms with Crippen molar-refractivity contribution < 1.29 is 9.59 Å². The standard InChI is InChI=1S/C21H31N3O2/c22-21(26)18-6-3-13-24(15-18)19-10-7-17(8-11-19)14-23-20(25)12-9-16-4-1-2-5-16/h7-8,10-11,16,18H,1-6,9,12-15H2,(H2,22,26)(H,23,25)/t18-/m1/s1. The van der Waals surface area contributed by atoms with Gasteiger partial charge in [-0.1, -0.05) is 37.8 Å². The highest BCUT2D eigenvalue weighted by atomic mass is 16.2. The second kappa shape index (κ2) is 9.06. The Balaban J connectivity index is 1.43. The Bertz CT molecular complexity index is 608. The smallest absolute Gasteiger partial charge is 0.222 e. The van der Waals surface area contributed by atoms with Gasteiger partial charge in [-0.15, -0.1) is 0 Å². The highest BCUT2D eigenvalue weighted by molar-refractivity contribution is 5.77. The van der Waals surface area contributed by atoms with Gasteiger partial charge in [0.25, 0.3) is 0 Å². The van der Waals surface area contributed by atoms with Crippen LogP contribution >= 0.6 is 0 Å². The van der Waals surface area contributed by atoms with Gasteiger partial charge >= 0.3 is 0 Å². The summed E-state index contributed by atoms with van der Waals surface area (Å²) in [5.74, 6) is 0.657. The Morgan fingerprint density at radius 2 is 1.81 bits per heavy atom. The molecule has 2 fully saturated rings. The number of nitrogens with one attached hydrogen (secondary N) is 1. The zero-order valence-electron chi connectivity index (χ0n) is 15.6. The molecular formula is C21H31N3O2. The molecule has 0 bridgehead atoms. The molecule has 0 unspecified atom stereocenters. The van der Waals surface area contributed by atoms with Crippen LogP contribution < -0.4 is 16.0 Å². The Kier molecular flexibility index (Phi) is 6.53. The number of carbonyl (C=O) groups is 2. The fourth-order valence-electron chi connectivity index (χ4n) is 4.19. The maximum Gasteiger partial charge on any atom is 0.222 e. The van der Waals surface area contributed by atoms with Gasteiger partial charge in [-0.05, 0) is 42.9 Å². The zero-order chi connectivity index (χ0) is 18.4. The molecule has 2 aliphatic rings. The van der Waals surface area contributed by atoms with E-state index < -0.39 is 0 Å². The first kappa shape index (κ1) is 18.7. The van der Waals surface area contributed by atoms with Crippen molar-refractivity contribution in [3.8, 4) is 0 Å². The van der Waals surface area contributed by atoms with Gasteiger partial charge in [0, 0.05) is 31.7 Å². The third-order valence-electron chi connectivity index (χ3n) is 5.87. The summed E-state index contributed by atoms with van der Waals surface area (Å²) in [6.45, 7) is 2.24. The molecule has 1 heterocycles. The van der Waals surface area contributed by atoms with E-state index in [-0.39, 0.29) is 17.7 Å². The molecule has 5 nitrogen and oxygen atoms in total. The molecule has 1 atom stereocenters. The summed E-state index contributed by atoms with van der Waals surface area (Å²) >= 11 is 0. The van der Waals surface area contributed by atoms with Gasteiger partial charge in [-0.3, -0.25) is 9.59 Å². The van der Waals surface area contributed by atoms with Crippen LogP contribution in [0.4, 0.5) is 5.69 Å². The van der Waals surface area contributed by atoms with E-state index in [1.54, 1.807) is 0 Å². The molecule has 26 heavy (non-hydrogen) atoms. The molecule has 1 aliphatic heterocycles. The number of benzene rings is 1. The van der Waals surface area contributed by atoms with Crippen LogP contribution in [0.3, 0.4) is 0 Å². The van der Waals surface area contributed by atoms with Crippen LogP contribution in [0, 0.1) is 11.8 Å². The van der Waals surface area contributed by atoms with Crippen molar-refractivity contribution in [1.29, 1.82) is 0 Å². The van der Waals surface area contributed by atoms with Gasteiger partial charge in [0.2, 0.25) is 11.8 Å². The first-order chi connectivity index (χ1) is 12.6. The summed E-state index contributed by atoms with van der Waals surface area (Å²) in [6, 6.07) is 8.26. The average Bonchev–Trinajstić information content (AvgIpc) is 3.19. The normalized spacial score (nSPS) is 20.9. The fraction of sp³-hybridized carbons (Fsp3) is 0.619. The van der Waals surface area contributed by atoms with E-state index in [4.69, 9.17) is 5.73 Å². The fourth-order valence-corrected chi connectivity index (χ4v) is 4.19. The van der Waals surface area contributed by atoms with E-state index in [9.17, 15) is 9.59 Å². The second-order valence-electron chi connectivity index (χ2n) is 7.82. The zero-order valence-corrected chi connectivity index (χ0v) is 15.6. The van der Waals surface area contributed by atoms with E-state index in [0.29, 0.717) is 19.5 Å². The monoisotopic (exact) mass is 357 g/mol. The van der Waals surface area contributed by atoms with E-state index in [1.165, 1.54) is 25.7 Å². The maximum atomic E-state index is 12.0. The maximum absolute atomic E-state index is 12.0. The number of rotatable bonds is 7. The Hall–Kier alpha value is -2.04. The average molecular weight is 357 g/mol. The van der Waals surface area contributed by atoms with Gasteiger partial charge in [-0.25, -0.2) is 0 Å². The topological polar surface area (TPSA) is 75.4 Å². The number of anilines is 1. The number of primary amides is 1. The molecule has 1 aromatic rings. The van der Waals surface area contributed by atoms with Gasteiger partial charge < -0.3 is 16.0 Å². The minimum atomic E-state index is -0.202. The van der Waals surface area contributed by atoms with E-state index >= 15 is 0 Å². The first-order valence-electron chi connectivity index (χ1n) is 10.0. The highest BCUT2D eigenvalue weighted by Gasteiger charge is 2.24. The minimum Gasteiger partial charge on any atom is -0.371 e. The van der Waals surface area contributed by atoms with Crippen molar-refractivity contribution in [2.45, 2.75) is 57.9 Å². The molecule has 5 heteroatoms. The van der Waals surface area contributed by atoms with Crippen molar-refractivity contribution in [3.63, 3.8) is 0 Å². The number of carbonyl (C=O) groups excluding carboxylic acids is 2. The van der Waals surface area contributed by atoms with Crippen molar-refractivity contribution in [2.24, 2.45) is 17.6 Å². The number of hydrogen-bond donors (Lipinski definition) is 2. The second-order valence-corrected chi connectivity index (χ2v) is 7.82. The molecule has 3 rings (SSSR count). The molecule has 142 valence electrons. The molecule has 1 aromatic carbocycles. The van der Waals surface area contributed by atoms with Crippen LogP contribution in [0.2, 0.25) is 0 Å². The summed E-state index contributed by atoms with van der Waals surface area (Å²) in [4.78, 5) is 25.7. The Labute approximate surface area is 156 Å². The molecule has 1 saturated heterocycles. The molecule has 1 saturated carbocycles. The third-order valence-corrected chi connectivity index (χ3v) is 5.87. The van der Waals surface area contributed by atoms with E-state index in [0.717, 1.165) is 43.0 Å². The van der Waals surface area contributed by atoms with E-state index in [1.807, 2.05) is 0 Å². The van der Waals surface area contributed by atoms with Crippen LogP contribution in [0.25, 0.3) is 0 Å².